The summed E-state index contributed by atoms with van der Waals surface area (Å²) in [7, 11) is 0. The third-order valence-electron chi connectivity index (χ3n) is 1.58. The maximum absolute atomic E-state index is 10.3. The van der Waals surface area contributed by atoms with E-state index in [1.165, 1.54) is 0 Å². The molecule has 13 heavy (non-hydrogen) atoms. The first-order valence-electron chi connectivity index (χ1n) is 3.92. The van der Waals surface area contributed by atoms with Crippen LogP contribution in [0.15, 0.2) is 24.3 Å². The van der Waals surface area contributed by atoms with Crippen molar-refractivity contribution in [1.82, 2.24) is 0 Å². The van der Waals surface area contributed by atoms with Crippen LogP contribution in [0, 0.1) is 0 Å². The van der Waals surface area contributed by atoms with Gasteiger partial charge in [0.15, 0.2) is 0 Å². The maximum Gasteiger partial charge on any atom is 0.409 e. The van der Waals surface area contributed by atoms with E-state index in [4.69, 9.17) is 10.2 Å². The van der Waals surface area contributed by atoms with Crippen LogP contribution in [0.4, 0.5) is 10.5 Å². The Morgan fingerprint density at radius 2 is 2.23 bits per heavy atom. The Morgan fingerprint density at radius 3 is 2.85 bits per heavy atom. The average Bonchev–Trinajstić information content (AvgIpc) is 2.04. The number of anilines is 1. The van der Waals surface area contributed by atoms with Gasteiger partial charge in [-0.05, 0) is 24.1 Å². The minimum Gasteiger partial charge on any atom is -0.465 e. The Morgan fingerprint density at radius 1 is 1.46 bits per heavy atom. The van der Waals surface area contributed by atoms with Crippen LogP contribution in [0.1, 0.15) is 5.56 Å². The Balaban J connectivity index is 2.73. The normalized spacial score (nSPS) is 9.62. The van der Waals surface area contributed by atoms with E-state index < -0.39 is 6.09 Å². The van der Waals surface area contributed by atoms with Crippen LogP contribution in [-0.2, 0) is 6.42 Å². The number of nitrogens with one attached hydrogen (secondary N) is 1. The van der Waals surface area contributed by atoms with Crippen molar-refractivity contribution in [1.29, 1.82) is 0 Å². The summed E-state index contributed by atoms with van der Waals surface area (Å²) in [6, 6.07) is 6.94. The minimum absolute atomic E-state index is 0.0660. The third kappa shape index (κ3) is 3.13. The van der Waals surface area contributed by atoms with Gasteiger partial charge in [0.25, 0.3) is 0 Å². The van der Waals surface area contributed by atoms with Crippen LogP contribution in [0.2, 0.25) is 0 Å². The van der Waals surface area contributed by atoms with E-state index in [2.05, 4.69) is 5.32 Å². The molecule has 0 aliphatic carbocycles. The molecule has 1 aromatic carbocycles. The number of carboxylic acid groups (broad SMARTS) is 1. The molecule has 0 aromatic heterocycles. The summed E-state index contributed by atoms with van der Waals surface area (Å²) < 4.78 is 0. The third-order valence-corrected chi connectivity index (χ3v) is 1.58. The molecular formula is C9H11NO3. The zero-order valence-electron chi connectivity index (χ0n) is 7.03. The molecule has 0 saturated carbocycles. The smallest absolute Gasteiger partial charge is 0.409 e. The first-order valence-corrected chi connectivity index (χ1v) is 3.92. The molecule has 0 fully saturated rings. The number of amides is 1. The molecule has 4 heteroatoms. The van der Waals surface area contributed by atoms with E-state index in [9.17, 15) is 4.79 Å². The second-order valence-corrected chi connectivity index (χ2v) is 2.60. The van der Waals surface area contributed by atoms with E-state index in [0.717, 1.165) is 5.56 Å². The van der Waals surface area contributed by atoms with Gasteiger partial charge in [-0.1, -0.05) is 12.1 Å². The summed E-state index contributed by atoms with van der Waals surface area (Å²) in [5.41, 5.74) is 1.44. The molecule has 0 unspecified atom stereocenters. The largest absolute Gasteiger partial charge is 0.465 e. The summed E-state index contributed by atoms with van der Waals surface area (Å²) in [6.07, 6.45) is -0.545. The second kappa shape index (κ2) is 4.47. The molecule has 0 heterocycles. The molecule has 0 aliphatic rings. The Labute approximate surface area is 75.8 Å². The van der Waals surface area contributed by atoms with Crippen LogP contribution in [0.3, 0.4) is 0 Å². The molecule has 0 aliphatic heterocycles. The van der Waals surface area contributed by atoms with Crippen LogP contribution < -0.4 is 5.32 Å². The van der Waals surface area contributed by atoms with E-state index in [1.54, 1.807) is 18.2 Å². The lowest BCUT2D eigenvalue weighted by molar-refractivity contribution is 0.210. The zero-order valence-corrected chi connectivity index (χ0v) is 7.03. The summed E-state index contributed by atoms with van der Waals surface area (Å²) in [5.74, 6) is 0. The molecule has 1 amide bonds. The van der Waals surface area contributed by atoms with Crippen LogP contribution >= 0.6 is 0 Å². The Hall–Kier alpha value is -1.55. The van der Waals surface area contributed by atoms with Crippen LogP contribution in [-0.4, -0.2) is 22.9 Å². The molecule has 0 radical (unpaired) electrons. The molecule has 1 aromatic rings. The SMILES string of the molecule is O=C(O)Nc1cccc(CCO)c1. The predicted molar refractivity (Wildman–Crippen MR) is 48.9 cm³/mol. The highest BCUT2D eigenvalue weighted by atomic mass is 16.4. The first kappa shape index (κ1) is 9.54. The minimum atomic E-state index is -1.08. The van der Waals surface area contributed by atoms with Crippen molar-refractivity contribution in [2.45, 2.75) is 6.42 Å². The van der Waals surface area contributed by atoms with Crippen LogP contribution in [0.25, 0.3) is 0 Å². The van der Waals surface area contributed by atoms with E-state index >= 15 is 0 Å². The number of hydrogen-bond acceptors (Lipinski definition) is 2. The van der Waals surface area contributed by atoms with Gasteiger partial charge in [-0.3, -0.25) is 5.32 Å². The predicted octanol–water partition coefficient (Wildman–Crippen LogP) is 1.31. The van der Waals surface area contributed by atoms with Gasteiger partial charge in [0.1, 0.15) is 0 Å². The number of aliphatic hydroxyl groups excluding tert-OH is 1. The van der Waals surface area contributed by atoms with Crippen molar-refractivity contribution in [2.75, 3.05) is 11.9 Å². The fourth-order valence-electron chi connectivity index (χ4n) is 1.06. The van der Waals surface area contributed by atoms with Gasteiger partial charge in [-0.25, -0.2) is 4.79 Å². The summed E-state index contributed by atoms with van der Waals surface area (Å²) in [6.45, 7) is 0.0660. The van der Waals surface area contributed by atoms with Gasteiger partial charge in [0.2, 0.25) is 0 Å². The van der Waals surface area contributed by atoms with E-state index in [1.807, 2.05) is 6.07 Å². The van der Waals surface area contributed by atoms with Gasteiger partial charge in [0, 0.05) is 12.3 Å². The quantitative estimate of drug-likeness (QED) is 0.658. The van der Waals surface area contributed by atoms with Gasteiger partial charge >= 0.3 is 6.09 Å². The van der Waals surface area contributed by atoms with E-state index in [0.29, 0.717) is 12.1 Å². The molecule has 70 valence electrons. The van der Waals surface area contributed by atoms with Crippen molar-refractivity contribution in [3.05, 3.63) is 29.8 Å². The number of hydrogen-bond donors (Lipinski definition) is 3. The molecule has 0 atom stereocenters. The first-order chi connectivity index (χ1) is 6.22. The molecule has 0 saturated heterocycles. The lowest BCUT2D eigenvalue weighted by Gasteiger charge is -2.02. The van der Waals surface area contributed by atoms with Gasteiger partial charge in [0.05, 0.1) is 0 Å². The standard InChI is InChI=1S/C9H11NO3/c11-5-4-7-2-1-3-8(6-7)10-9(12)13/h1-3,6,10-11H,4-5H2,(H,12,13). The van der Waals surface area contributed by atoms with E-state index in [-0.39, 0.29) is 6.61 Å². The zero-order chi connectivity index (χ0) is 9.68. The summed E-state index contributed by atoms with van der Waals surface area (Å²) >= 11 is 0. The molecule has 3 N–H and O–H groups in total. The van der Waals surface area contributed by atoms with Gasteiger partial charge in [-0.2, -0.15) is 0 Å². The molecule has 0 spiro atoms. The van der Waals surface area contributed by atoms with Crippen LogP contribution in [0.5, 0.6) is 0 Å². The lowest BCUT2D eigenvalue weighted by Crippen LogP contribution is -2.07. The van der Waals surface area contributed by atoms with Gasteiger partial charge in [-0.15, -0.1) is 0 Å². The number of carbonyl (C=O) groups is 1. The fourth-order valence-corrected chi connectivity index (χ4v) is 1.06. The average molecular weight is 181 g/mol. The topological polar surface area (TPSA) is 69.6 Å². The highest BCUT2D eigenvalue weighted by molar-refractivity contribution is 5.82. The summed E-state index contributed by atoms with van der Waals surface area (Å²) in [5, 5.41) is 19.3. The number of benzene rings is 1. The lowest BCUT2D eigenvalue weighted by atomic mass is 10.1. The Kier molecular flexibility index (Phi) is 3.28. The van der Waals surface area contributed by atoms with Gasteiger partial charge < -0.3 is 10.2 Å². The van der Waals surface area contributed by atoms with Crippen molar-refractivity contribution >= 4 is 11.8 Å². The second-order valence-electron chi connectivity index (χ2n) is 2.60. The molecule has 0 bridgehead atoms. The number of aliphatic hydroxyl groups is 1. The number of rotatable bonds is 3. The molecule has 1 rings (SSSR count). The monoisotopic (exact) mass is 181 g/mol. The van der Waals surface area contributed by atoms with Crippen molar-refractivity contribution in [3.63, 3.8) is 0 Å². The fraction of sp³-hybridized carbons (Fsp3) is 0.222. The van der Waals surface area contributed by atoms with Crippen molar-refractivity contribution < 1.29 is 15.0 Å². The Bertz CT molecular complexity index is 299. The summed E-state index contributed by atoms with van der Waals surface area (Å²) in [4.78, 5) is 10.3. The van der Waals surface area contributed by atoms with Crippen molar-refractivity contribution in [3.8, 4) is 0 Å². The maximum atomic E-state index is 10.3. The molecular weight excluding hydrogens is 170 g/mol. The highest BCUT2D eigenvalue weighted by Crippen LogP contribution is 2.10. The van der Waals surface area contributed by atoms with Crippen molar-refractivity contribution in [2.24, 2.45) is 0 Å². The molecule has 4 nitrogen and oxygen atoms in total. The highest BCUT2D eigenvalue weighted by Gasteiger charge is 1.98.